The van der Waals surface area contributed by atoms with E-state index in [4.69, 9.17) is 0 Å². The molecule has 0 spiro atoms. The molecule has 1 fully saturated rings. The standard InChI is InChI=1S/C24H37N3O2/c1-18(2)14-23(28)27-17-21-10-5-4-9-20(21)15-22(27)24(29)25-11-7-13-26-12-6-8-19(3)16-26/h4-5,9-10,18-19,22H,6-8,11-17H2,1-3H3,(H,25,29). The zero-order valence-electron chi connectivity index (χ0n) is 18.3. The Labute approximate surface area is 175 Å². The van der Waals surface area contributed by atoms with Crippen LogP contribution in [-0.2, 0) is 22.6 Å². The van der Waals surface area contributed by atoms with E-state index in [1.807, 2.05) is 26.0 Å². The number of hydrogen-bond acceptors (Lipinski definition) is 3. The number of carbonyl (C=O) groups excluding carboxylic acids is 2. The second-order valence-electron chi connectivity index (χ2n) is 9.30. The van der Waals surface area contributed by atoms with Crippen molar-refractivity contribution in [1.29, 1.82) is 0 Å². The molecule has 3 rings (SSSR count). The van der Waals surface area contributed by atoms with Gasteiger partial charge < -0.3 is 15.1 Å². The Kier molecular flexibility index (Phi) is 7.70. The van der Waals surface area contributed by atoms with Crippen molar-refractivity contribution < 1.29 is 9.59 Å². The predicted octanol–water partition coefficient (Wildman–Crippen LogP) is 3.22. The Morgan fingerprint density at radius 1 is 1.21 bits per heavy atom. The minimum Gasteiger partial charge on any atom is -0.354 e. The number of likely N-dealkylation sites (tertiary alicyclic amines) is 1. The van der Waals surface area contributed by atoms with Crippen LogP contribution < -0.4 is 5.32 Å². The van der Waals surface area contributed by atoms with E-state index in [0.717, 1.165) is 24.4 Å². The zero-order valence-corrected chi connectivity index (χ0v) is 18.3. The van der Waals surface area contributed by atoms with Crippen LogP contribution in [0.15, 0.2) is 24.3 Å². The second kappa shape index (κ2) is 10.2. The quantitative estimate of drug-likeness (QED) is 0.716. The van der Waals surface area contributed by atoms with E-state index in [1.165, 1.54) is 31.5 Å². The molecule has 0 bridgehead atoms. The SMILES string of the molecule is CC(C)CC(=O)N1Cc2ccccc2CC1C(=O)NCCCN1CCCC(C)C1. The Balaban J connectivity index is 1.56. The highest BCUT2D eigenvalue weighted by molar-refractivity contribution is 5.88. The van der Waals surface area contributed by atoms with Gasteiger partial charge in [0.05, 0.1) is 0 Å². The van der Waals surface area contributed by atoms with Gasteiger partial charge in [0.2, 0.25) is 11.8 Å². The number of amides is 2. The molecule has 1 aromatic carbocycles. The van der Waals surface area contributed by atoms with E-state index in [0.29, 0.717) is 25.9 Å². The summed E-state index contributed by atoms with van der Waals surface area (Å²) in [6.07, 6.45) is 4.66. The molecule has 1 aromatic rings. The van der Waals surface area contributed by atoms with Gasteiger partial charge >= 0.3 is 0 Å². The smallest absolute Gasteiger partial charge is 0.243 e. The summed E-state index contributed by atoms with van der Waals surface area (Å²) in [5.74, 6) is 1.14. The molecule has 0 radical (unpaired) electrons. The monoisotopic (exact) mass is 399 g/mol. The van der Waals surface area contributed by atoms with Crippen molar-refractivity contribution in [3.8, 4) is 0 Å². The van der Waals surface area contributed by atoms with Crippen molar-refractivity contribution in [1.82, 2.24) is 15.1 Å². The fourth-order valence-electron chi connectivity index (χ4n) is 4.61. The summed E-state index contributed by atoms with van der Waals surface area (Å²) >= 11 is 0. The fraction of sp³-hybridized carbons (Fsp3) is 0.667. The first-order chi connectivity index (χ1) is 13.9. The molecule has 2 aliphatic rings. The highest BCUT2D eigenvalue weighted by Crippen LogP contribution is 2.25. The number of hydrogen-bond donors (Lipinski definition) is 1. The summed E-state index contributed by atoms with van der Waals surface area (Å²) in [6.45, 7) is 11.0. The molecular weight excluding hydrogens is 362 g/mol. The van der Waals surface area contributed by atoms with Crippen LogP contribution in [-0.4, -0.2) is 53.8 Å². The molecule has 2 unspecified atom stereocenters. The van der Waals surface area contributed by atoms with Crippen LogP contribution in [0, 0.1) is 11.8 Å². The van der Waals surface area contributed by atoms with E-state index >= 15 is 0 Å². The third-order valence-corrected chi connectivity index (χ3v) is 6.15. The normalized spacial score (nSPS) is 22.4. The highest BCUT2D eigenvalue weighted by Gasteiger charge is 2.34. The maximum atomic E-state index is 13.0. The minimum absolute atomic E-state index is 0.0105. The van der Waals surface area contributed by atoms with Gasteiger partial charge in [0.25, 0.3) is 0 Å². The van der Waals surface area contributed by atoms with Crippen molar-refractivity contribution in [2.24, 2.45) is 11.8 Å². The summed E-state index contributed by atoms with van der Waals surface area (Å²) in [4.78, 5) is 30.1. The lowest BCUT2D eigenvalue weighted by atomic mass is 9.92. The second-order valence-corrected chi connectivity index (χ2v) is 9.30. The molecule has 1 N–H and O–H groups in total. The van der Waals surface area contributed by atoms with Gasteiger partial charge in [-0.3, -0.25) is 9.59 Å². The average molecular weight is 400 g/mol. The van der Waals surface area contributed by atoms with Gasteiger partial charge in [0.1, 0.15) is 6.04 Å². The van der Waals surface area contributed by atoms with Crippen LogP contribution in [0.4, 0.5) is 0 Å². The summed E-state index contributed by atoms with van der Waals surface area (Å²) in [7, 11) is 0. The maximum Gasteiger partial charge on any atom is 0.243 e. The van der Waals surface area contributed by atoms with Gasteiger partial charge in [0, 0.05) is 32.5 Å². The Morgan fingerprint density at radius 3 is 2.69 bits per heavy atom. The van der Waals surface area contributed by atoms with Crippen molar-refractivity contribution in [2.45, 2.75) is 65.5 Å². The molecule has 2 heterocycles. The molecule has 5 nitrogen and oxygen atoms in total. The van der Waals surface area contributed by atoms with E-state index in [9.17, 15) is 9.59 Å². The summed E-state index contributed by atoms with van der Waals surface area (Å²) in [5.41, 5.74) is 2.34. The van der Waals surface area contributed by atoms with Gasteiger partial charge in [-0.05, 0) is 55.3 Å². The fourth-order valence-corrected chi connectivity index (χ4v) is 4.61. The number of piperidine rings is 1. The lowest BCUT2D eigenvalue weighted by molar-refractivity contribution is -0.142. The number of nitrogens with zero attached hydrogens (tertiary/aromatic N) is 2. The van der Waals surface area contributed by atoms with Crippen LogP contribution >= 0.6 is 0 Å². The Morgan fingerprint density at radius 2 is 1.97 bits per heavy atom. The van der Waals surface area contributed by atoms with Crippen molar-refractivity contribution in [3.05, 3.63) is 35.4 Å². The van der Waals surface area contributed by atoms with Gasteiger partial charge in [-0.25, -0.2) is 0 Å². The van der Waals surface area contributed by atoms with Crippen molar-refractivity contribution in [3.63, 3.8) is 0 Å². The van der Waals surface area contributed by atoms with Crippen LogP contribution in [0.2, 0.25) is 0 Å². The molecule has 2 atom stereocenters. The van der Waals surface area contributed by atoms with Crippen molar-refractivity contribution >= 4 is 11.8 Å². The third kappa shape index (κ3) is 6.05. The Bertz CT molecular complexity index is 703. The topological polar surface area (TPSA) is 52.7 Å². The summed E-state index contributed by atoms with van der Waals surface area (Å²) in [5, 5.41) is 3.11. The van der Waals surface area contributed by atoms with Gasteiger partial charge in [0.15, 0.2) is 0 Å². The molecule has 2 aliphatic heterocycles. The van der Waals surface area contributed by atoms with E-state index in [2.05, 4.69) is 29.3 Å². The van der Waals surface area contributed by atoms with Crippen LogP contribution in [0.25, 0.3) is 0 Å². The molecule has 5 heteroatoms. The molecule has 0 aromatic heterocycles. The third-order valence-electron chi connectivity index (χ3n) is 6.15. The maximum absolute atomic E-state index is 13.0. The average Bonchev–Trinajstić information content (AvgIpc) is 2.69. The van der Waals surface area contributed by atoms with E-state index < -0.39 is 6.04 Å². The first kappa shape index (κ1) is 21.8. The summed E-state index contributed by atoms with van der Waals surface area (Å²) < 4.78 is 0. The van der Waals surface area contributed by atoms with E-state index in [1.54, 1.807) is 4.90 Å². The molecule has 160 valence electrons. The first-order valence-electron chi connectivity index (χ1n) is 11.3. The zero-order chi connectivity index (χ0) is 20.8. The van der Waals surface area contributed by atoms with Crippen molar-refractivity contribution in [2.75, 3.05) is 26.2 Å². The number of nitrogens with one attached hydrogen (secondary N) is 1. The predicted molar refractivity (Wildman–Crippen MR) is 116 cm³/mol. The number of rotatable bonds is 7. The molecule has 0 aliphatic carbocycles. The van der Waals surface area contributed by atoms with Crippen LogP contribution in [0.3, 0.4) is 0 Å². The summed E-state index contributed by atoms with van der Waals surface area (Å²) in [6, 6.07) is 7.77. The molecule has 29 heavy (non-hydrogen) atoms. The first-order valence-corrected chi connectivity index (χ1v) is 11.3. The van der Waals surface area contributed by atoms with Crippen LogP contribution in [0.1, 0.15) is 57.6 Å². The molecular formula is C24H37N3O2. The van der Waals surface area contributed by atoms with E-state index in [-0.39, 0.29) is 17.7 Å². The molecule has 2 amide bonds. The van der Waals surface area contributed by atoms with Gasteiger partial charge in [-0.2, -0.15) is 0 Å². The lowest BCUT2D eigenvalue weighted by Crippen LogP contribution is -2.53. The van der Waals surface area contributed by atoms with Gasteiger partial charge in [-0.1, -0.05) is 45.0 Å². The highest BCUT2D eigenvalue weighted by atomic mass is 16.2. The Hall–Kier alpha value is -1.88. The minimum atomic E-state index is -0.397. The number of carbonyl (C=O) groups is 2. The largest absolute Gasteiger partial charge is 0.354 e. The molecule has 1 saturated heterocycles. The molecule has 0 saturated carbocycles. The van der Waals surface area contributed by atoms with Crippen LogP contribution in [0.5, 0.6) is 0 Å². The number of benzene rings is 1. The van der Waals surface area contributed by atoms with Gasteiger partial charge in [-0.15, -0.1) is 0 Å². The number of fused-ring (bicyclic) bond motifs is 1. The lowest BCUT2D eigenvalue weighted by Gasteiger charge is -2.36.